The maximum Gasteiger partial charge on any atom is 0.309 e. The van der Waals surface area contributed by atoms with Crippen molar-refractivity contribution in [2.45, 2.75) is 91.8 Å². The van der Waals surface area contributed by atoms with Crippen LogP contribution in [0.4, 0.5) is 0 Å². The van der Waals surface area contributed by atoms with Gasteiger partial charge < -0.3 is 9.16 Å². The molecule has 0 aliphatic carbocycles. The van der Waals surface area contributed by atoms with Gasteiger partial charge in [0.25, 0.3) is 0 Å². The zero-order valence-electron chi connectivity index (χ0n) is 18.9. The van der Waals surface area contributed by atoms with Crippen molar-refractivity contribution in [1.29, 1.82) is 0 Å². The van der Waals surface area contributed by atoms with Gasteiger partial charge >= 0.3 is 5.97 Å². The molecule has 0 saturated carbocycles. The third-order valence-corrected chi connectivity index (χ3v) is 9.94. The van der Waals surface area contributed by atoms with Gasteiger partial charge in [0, 0.05) is 5.41 Å². The number of ether oxygens (including phenoxy) is 1. The topological polar surface area (TPSA) is 35.5 Å². The average Bonchev–Trinajstić information content (AvgIpc) is 2.41. The maximum atomic E-state index is 11.6. The molecule has 0 radical (unpaired) electrons. The molecule has 0 N–H and O–H groups in total. The van der Waals surface area contributed by atoms with Crippen LogP contribution in [0.15, 0.2) is 12.2 Å². The summed E-state index contributed by atoms with van der Waals surface area (Å²) in [5.74, 6) is 3.25. The van der Waals surface area contributed by atoms with Crippen molar-refractivity contribution in [3.63, 3.8) is 0 Å². The summed E-state index contributed by atoms with van der Waals surface area (Å²) in [4.78, 5) is 11.6. The first-order chi connectivity index (χ1) is 11.5. The van der Waals surface area contributed by atoms with E-state index < -0.39 is 16.4 Å². The quantitative estimate of drug-likeness (QED) is 0.236. The van der Waals surface area contributed by atoms with Crippen LogP contribution < -0.4 is 0 Å². The molecule has 0 spiro atoms. The van der Waals surface area contributed by atoms with E-state index in [1.165, 1.54) is 0 Å². The molecule has 0 saturated heterocycles. The van der Waals surface area contributed by atoms with E-state index in [0.717, 1.165) is 0 Å². The summed E-state index contributed by atoms with van der Waals surface area (Å²) in [6.07, 6.45) is 4.04. The molecule has 0 amide bonds. The minimum absolute atomic E-state index is 0.122. The lowest BCUT2D eigenvalue weighted by atomic mass is 9.86. The number of hydrogen-bond acceptors (Lipinski definition) is 3. The Bertz CT molecular complexity index is 553. The van der Waals surface area contributed by atoms with Gasteiger partial charge in [0.05, 0.1) is 13.0 Å². The highest BCUT2D eigenvalue weighted by atomic mass is 28.4. The van der Waals surface area contributed by atoms with Crippen LogP contribution in [0.2, 0.25) is 37.8 Å². The van der Waals surface area contributed by atoms with Crippen LogP contribution in [-0.2, 0) is 14.0 Å². The Kier molecular flexibility index (Phi) is 9.09. The summed E-state index contributed by atoms with van der Waals surface area (Å²) in [5.41, 5.74) is 3.20. The summed E-state index contributed by atoms with van der Waals surface area (Å²) in [6.45, 7) is 24.5. The highest BCUT2D eigenvalue weighted by molar-refractivity contribution is 6.83. The molecule has 0 fully saturated rings. The van der Waals surface area contributed by atoms with E-state index >= 15 is 0 Å². The second-order valence-electron chi connectivity index (χ2n) is 10.0. The number of carbonyl (C=O) groups excluding carboxylic acids is 1. The number of carbonyl (C=O) groups is 1. The Morgan fingerprint density at radius 3 is 2.04 bits per heavy atom. The van der Waals surface area contributed by atoms with E-state index in [2.05, 4.69) is 84.9 Å². The Morgan fingerprint density at radius 1 is 1.08 bits per heavy atom. The zero-order chi connectivity index (χ0) is 20.8. The smallest absolute Gasteiger partial charge is 0.309 e. The van der Waals surface area contributed by atoms with Crippen LogP contribution in [0.1, 0.15) is 48.0 Å². The Balaban J connectivity index is 5.58. The van der Waals surface area contributed by atoms with E-state index in [-0.39, 0.29) is 28.9 Å². The summed E-state index contributed by atoms with van der Waals surface area (Å²) in [5, 5.41) is 0.122. The largest absolute Gasteiger partial charge is 0.466 e. The third-order valence-electron chi connectivity index (χ3n) is 4.61. The lowest BCUT2D eigenvalue weighted by molar-refractivity contribution is -0.142. The van der Waals surface area contributed by atoms with Crippen molar-refractivity contribution in [3.05, 3.63) is 12.2 Å². The van der Waals surface area contributed by atoms with Crippen molar-refractivity contribution >= 4 is 22.4 Å². The van der Waals surface area contributed by atoms with Crippen molar-refractivity contribution < 1.29 is 14.0 Å². The summed E-state index contributed by atoms with van der Waals surface area (Å²) in [6, 6.07) is 0. The van der Waals surface area contributed by atoms with Gasteiger partial charge in [-0.1, -0.05) is 72.3 Å². The second-order valence-corrected chi connectivity index (χ2v) is 19.5. The fraction of sp³-hybridized carbons (Fsp3) is 0.762. The lowest BCUT2D eigenvalue weighted by Crippen LogP contribution is -2.47. The van der Waals surface area contributed by atoms with Gasteiger partial charge in [-0.2, -0.15) is 0 Å². The van der Waals surface area contributed by atoms with Gasteiger partial charge in [-0.3, -0.25) is 4.79 Å². The summed E-state index contributed by atoms with van der Waals surface area (Å²) in [7, 11) is -3.46. The van der Waals surface area contributed by atoms with Crippen LogP contribution >= 0.6 is 0 Å². The van der Waals surface area contributed by atoms with E-state index in [1.54, 1.807) is 0 Å². The van der Waals surface area contributed by atoms with Gasteiger partial charge in [0.2, 0.25) is 0 Å². The first kappa shape index (κ1) is 25.2. The molecule has 0 aromatic carbocycles. The molecule has 3 nitrogen and oxygen atoms in total. The first-order valence-electron chi connectivity index (χ1n) is 9.56. The molecule has 1 unspecified atom stereocenters. The van der Waals surface area contributed by atoms with Crippen molar-refractivity contribution in [1.82, 2.24) is 0 Å². The Hall–Kier alpha value is -0.836. The molecular weight excluding hydrogens is 356 g/mol. The van der Waals surface area contributed by atoms with Gasteiger partial charge in [-0.15, -0.1) is 5.54 Å². The third kappa shape index (κ3) is 9.20. The number of rotatable bonds is 7. The molecule has 1 atom stereocenters. The van der Waals surface area contributed by atoms with Crippen LogP contribution in [-0.4, -0.2) is 35.1 Å². The lowest BCUT2D eigenvalue weighted by Gasteiger charge is -2.41. The summed E-state index contributed by atoms with van der Waals surface area (Å²) >= 11 is 0. The predicted molar refractivity (Wildman–Crippen MR) is 117 cm³/mol. The molecule has 150 valence electrons. The molecule has 0 aromatic rings. The maximum absolute atomic E-state index is 11.6. The van der Waals surface area contributed by atoms with Crippen molar-refractivity contribution in [2.24, 2.45) is 5.41 Å². The molecule has 26 heavy (non-hydrogen) atoms. The molecule has 0 bridgehead atoms. The minimum Gasteiger partial charge on any atom is -0.466 e. The van der Waals surface area contributed by atoms with Gasteiger partial charge in [0.15, 0.2) is 8.32 Å². The SMILES string of the molecule is CCOC(=O)C/C=C/C(C)(C)C(C#C[Si](C)(C)C)O[Si](C)(C)C(C)(C)C. The highest BCUT2D eigenvalue weighted by Gasteiger charge is 2.41. The standard InChI is InChI=1S/C21H40O3Si2/c1-12-23-19(22)14-13-16-21(5,6)18(15-17-25(7,8)9)24-26(10,11)20(2,3)4/h13,16,18H,12,14H2,1-11H3/b16-13+. The predicted octanol–water partition coefficient (Wildman–Crippen LogP) is 5.79. The average molecular weight is 397 g/mol. The zero-order valence-corrected chi connectivity index (χ0v) is 20.9. The number of esters is 1. The van der Waals surface area contributed by atoms with Crippen molar-refractivity contribution in [3.8, 4) is 11.5 Å². The molecule has 0 heterocycles. The molecule has 0 aromatic heterocycles. The normalized spacial score (nSPS) is 14.7. The monoisotopic (exact) mass is 396 g/mol. The minimum atomic E-state index is -1.96. The van der Waals surface area contributed by atoms with E-state index in [1.807, 2.05) is 13.0 Å². The first-order valence-corrected chi connectivity index (χ1v) is 16.0. The highest BCUT2D eigenvalue weighted by Crippen LogP contribution is 2.40. The van der Waals surface area contributed by atoms with Crippen LogP contribution in [0.3, 0.4) is 0 Å². The van der Waals surface area contributed by atoms with Gasteiger partial charge in [-0.05, 0) is 25.1 Å². The van der Waals surface area contributed by atoms with E-state index in [9.17, 15) is 4.79 Å². The molecular formula is C21H40O3Si2. The van der Waals surface area contributed by atoms with Gasteiger partial charge in [-0.25, -0.2) is 0 Å². The fourth-order valence-electron chi connectivity index (χ4n) is 1.89. The van der Waals surface area contributed by atoms with E-state index in [4.69, 9.17) is 9.16 Å². The van der Waals surface area contributed by atoms with Crippen LogP contribution in [0.25, 0.3) is 0 Å². The molecule has 0 aliphatic heterocycles. The summed E-state index contributed by atoms with van der Waals surface area (Å²) < 4.78 is 11.7. The molecule has 0 rings (SSSR count). The van der Waals surface area contributed by atoms with E-state index in [0.29, 0.717) is 6.61 Å². The Labute approximate surface area is 164 Å². The van der Waals surface area contributed by atoms with Crippen LogP contribution in [0.5, 0.6) is 0 Å². The second kappa shape index (κ2) is 9.39. The Morgan fingerprint density at radius 2 is 1.62 bits per heavy atom. The molecule has 0 aliphatic rings. The number of hydrogen-bond donors (Lipinski definition) is 0. The molecule has 5 heteroatoms. The fourth-order valence-corrected chi connectivity index (χ4v) is 3.76. The van der Waals surface area contributed by atoms with Crippen molar-refractivity contribution in [2.75, 3.05) is 6.61 Å². The van der Waals surface area contributed by atoms with Gasteiger partial charge in [0.1, 0.15) is 14.2 Å². The van der Waals surface area contributed by atoms with Crippen LogP contribution in [0, 0.1) is 16.9 Å².